The summed E-state index contributed by atoms with van der Waals surface area (Å²) in [4.78, 5) is 0. The van der Waals surface area contributed by atoms with Crippen LogP contribution >= 0.6 is 0 Å². The highest BCUT2D eigenvalue weighted by Crippen LogP contribution is 2.38. The average molecular weight is 432 g/mol. The van der Waals surface area contributed by atoms with Crippen LogP contribution in [-0.4, -0.2) is 63.7 Å². The summed E-state index contributed by atoms with van der Waals surface area (Å²) in [6.07, 6.45) is -1.53. The van der Waals surface area contributed by atoms with Crippen molar-refractivity contribution in [2.45, 2.75) is 44.0 Å². The smallest absolute Gasteiger partial charge is 0.189 e. The largest absolute Gasteiger partial charge is 0.497 e. The van der Waals surface area contributed by atoms with E-state index in [1.54, 1.807) is 21.3 Å². The highest BCUT2D eigenvalue weighted by Gasteiger charge is 2.52. The maximum atomic E-state index is 11.4. The molecular formula is C24H33NO6. The Morgan fingerprint density at radius 1 is 0.935 bits per heavy atom. The van der Waals surface area contributed by atoms with Gasteiger partial charge in [-0.1, -0.05) is 29.8 Å². The minimum Gasteiger partial charge on any atom is -0.497 e. The Kier molecular flexibility index (Phi) is 7.91. The molecule has 1 heterocycles. The van der Waals surface area contributed by atoms with Crippen LogP contribution in [0.5, 0.6) is 5.75 Å². The molecule has 0 radical (unpaired) electrons. The summed E-state index contributed by atoms with van der Waals surface area (Å²) in [7, 11) is 4.87. The standard InChI is InChI=1S/C24H33NO6/c1-16-6-8-17(9-7-16)22(26)23(25-18-10-12-19(29-5)13-11-18)24(2)30-20(14-27-3)21(31-24)15-28-4/h6-13,20-23,25-26H,14-15H2,1-5H3/t20-,21-,22?,23?/m0/s1. The predicted octanol–water partition coefficient (Wildman–Crippen LogP) is 3.31. The lowest BCUT2D eigenvalue weighted by Crippen LogP contribution is -2.50. The molecule has 1 aliphatic rings. The van der Waals surface area contributed by atoms with Gasteiger partial charge in [-0.3, -0.25) is 0 Å². The zero-order valence-electron chi connectivity index (χ0n) is 18.8. The number of aryl methyl sites for hydroxylation is 1. The molecule has 2 aromatic rings. The van der Waals surface area contributed by atoms with Crippen LogP contribution in [0.25, 0.3) is 0 Å². The molecule has 1 saturated heterocycles. The third-order valence-electron chi connectivity index (χ3n) is 5.56. The van der Waals surface area contributed by atoms with Gasteiger partial charge in [0.2, 0.25) is 0 Å². The number of ether oxygens (including phenoxy) is 5. The first-order valence-corrected chi connectivity index (χ1v) is 10.4. The number of hydrogen-bond donors (Lipinski definition) is 2. The lowest BCUT2D eigenvalue weighted by Gasteiger charge is -2.37. The number of nitrogens with one attached hydrogen (secondary N) is 1. The van der Waals surface area contributed by atoms with Gasteiger partial charge in [-0.15, -0.1) is 0 Å². The number of benzene rings is 2. The normalized spacial score (nSPS) is 22.1. The van der Waals surface area contributed by atoms with Gasteiger partial charge in [-0.2, -0.15) is 0 Å². The Labute approximate surface area is 184 Å². The lowest BCUT2D eigenvalue weighted by atomic mass is 9.95. The number of hydrogen-bond acceptors (Lipinski definition) is 7. The van der Waals surface area contributed by atoms with Crippen LogP contribution < -0.4 is 10.1 Å². The lowest BCUT2D eigenvalue weighted by molar-refractivity contribution is -0.193. The van der Waals surface area contributed by atoms with Crippen LogP contribution in [-0.2, 0) is 18.9 Å². The van der Waals surface area contributed by atoms with Crippen LogP contribution in [0.4, 0.5) is 5.69 Å². The summed E-state index contributed by atoms with van der Waals surface area (Å²) in [5.41, 5.74) is 2.70. The predicted molar refractivity (Wildman–Crippen MR) is 118 cm³/mol. The first-order valence-electron chi connectivity index (χ1n) is 10.4. The Morgan fingerprint density at radius 3 is 1.97 bits per heavy atom. The minimum atomic E-state index is -1.13. The molecule has 0 bridgehead atoms. The molecule has 3 rings (SSSR count). The Hall–Kier alpha value is -2.16. The molecule has 0 spiro atoms. The fourth-order valence-electron chi connectivity index (χ4n) is 3.86. The second-order valence-corrected chi connectivity index (χ2v) is 7.95. The monoisotopic (exact) mass is 431 g/mol. The van der Waals surface area contributed by atoms with Crippen LogP contribution in [0.15, 0.2) is 48.5 Å². The summed E-state index contributed by atoms with van der Waals surface area (Å²) >= 11 is 0. The molecule has 1 aliphatic heterocycles. The fourth-order valence-corrected chi connectivity index (χ4v) is 3.86. The molecule has 170 valence electrons. The van der Waals surface area contributed by atoms with Crippen LogP contribution in [0.2, 0.25) is 0 Å². The number of aliphatic hydroxyl groups is 1. The topological polar surface area (TPSA) is 78.4 Å². The maximum Gasteiger partial charge on any atom is 0.189 e. The molecule has 1 fully saturated rings. The molecule has 0 amide bonds. The van der Waals surface area contributed by atoms with Gasteiger partial charge < -0.3 is 34.1 Å². The van der Waals surface area contributed by atoms with Crippen molar-refractivity contribution in [1.82, 2.24) is 0 Å². The van der Waals surface area contributed by atoms with E-state index in [9.17, 15) is 5.11 Å². The van der Waals surface area contributed by atoms with Crippen molar-refractivity contribution in [1.29, 1.82) is 0 Å². The highest BCUT2D eigenvalue weighted by atomic mass is 16.8. The number of methoxy groups -OCH3 is 3. The molecule has 31 heavy (non-hydrogen) atoms. The van der Waals surface area contributed by atoms with E-state index in [4.69, 9.17) is 23.7 Å². The van der Waals surface area contributed by atoms with E-state index in [2.05, 4.69) is 5.32 Å². The van der Waals surface area contributed by atoms with E-state index in [0.29, 0.717) is 13.2 Å². The van der Waals surface area contributed by atoms with Gasteiger partial charge in [0.25, 0.3) is 0 Å². The maximum absolute atomic E-state index is 11.4. The van der Waals surface area contributed by atoms with Gasteiger partial charge in [-0.05, 0) is 43.7 Å². The van der Waals surface area contributed by atoms with E-state index in [1.165, 1.54) is 0 Å². The molecule has 0 aromatic heterocycles. The Bertz CT molecular complexity index is 796. The van der Waals surface area contributed by atoms with E-state index >= 15 is 0 Å². The van der Waals surface area contributed by atoms with Crippen molar-refractivity contribution in [2.75, 3.05) is 39.9 Å². The zero-order valence-corrected chi connectivity index (χ0v) is 18.8. The quantitative estimate of drug-likeness (QED) is 0.598. The van der Waals surface area contributed by atoms with Crippen molar-refractivity contribution in [3.8, 4) is 5.75 Å². The SMILES string of the molecule is COC[C@@H]1OC(C)(C(Nc2ccc(OC)cc2)C(O)c2ccc(C)cc2)O[C@H]1COC. The number of aliphatic hydroxyl groups excluding tert-OH is 1. The van der Waals surface area contributed by atoms with E-state index in [1.807, 2.05) is 62.4 Å². The van der Waals surface area contributed by atoms with E-state index in [-0.39, 0.29) is 12.2 Å². The molecule has 0 aliphatic carbocycles. The van der Waals surface area contributed by atoms with E-state index < -0.39 is 17.9 Å². The van der Waals surface area contributed by atoms with Gasteiger partial charge in [0.1, 0.15) is 30.1 Å². The molecule has 7 heteroatoms. The molecule has 7 nitrogen and oxygen atoms in total. The number of anilines is 1. The van der Waals surface area contributed by atoms with Gasteiger partial charge in [0.15, 0.2) is 5.79 Å². The average Bonchev–Trinajstić information content (AvgIpc) is 3.09. The zero-order chi connectivity index (χ0) is 22.4. The molecule has 2 aromatic carbocycles. The first-order chi connectivity index (χ1) is 14.9. The molecular weight excluding hydrogens is 398 g/mol. The summed E-state index contributed by atoms with van der Waals surface area (Å²) in [6.45, 7) is 4.57. The van der Waals surface area contributed by atoms with Crippen LogP contribution in [0, 0.1) is 6.92 Å². The molecule has 2 unspecified atom stereocenters. The van der Waals surface area contributed by atoms with Crippen molar-refractivity contribution >= 4 is 5.69 Å². The van der Waals surface area contributed by atoms with Gasteiger partial charge in [0.05, 0.1) is 20.3 Å². The van der Waals surface area contributed by atoms with Gasteiger partial charge in [0, 0.05) is 19.9 Å². The Morgan fingerprint density at radius 2 is 1.48 bits per heavy atom. The van der Waals surface area contributed by atoms with Crippen LogP contribution in [0.3, 0.4) is 0 Å². The molecule has 2 N–H and O–H groups in total. The van der Waals surface area contributed by atoms with Crippen molar-refractivity contribution in [3.05, 3.63) is 59.7 Å². The van der Waals surface area contributed by atoms with Gasteiger partial charge in [-0.25, -0.2) is 0 Å². The summed E-state index contributed by atoms with van der Waals surface area (Å²) in [6, 6.07) is 14.7. The van der Waals surface area contributed by atoms with E-state index in [0.717, 1.165) is 22.6 Å². The van der Waals surface area contributed by atoms with Crippen molar-refractivity contribution in [2.24, 2.45) is 0 Å². The highest BCUT2D eigenvalue weighted by molar-refractivity contribution is 5.48. The fraction of sp³-hybridized carbons (Fsp3) is 0.500. The summed E-state index contributed by atoms with van der Waals surface area (Å²) in [5.74, 6) is -0.377. The van der Waals surface area contributed by atoms with Crippen molar-refractivity contribution in [3.63, 3.8) is 0 Å². The molecule has 0 saturated carbocycles. The second-order valence-electron chi connectivity index (χ2n) is 7.95. The summed E-state index contributed by atoms with van der Waals surface area (Å²) < 4.78 is 28.5. The third kappa shape index (κ3) is 5.56. The first kappa shape index (κ1) is 23.5. The van der Waals surface area contributed by atoms with Crippen molar-refractivity contribution < 1.29 is 28.8 Å². The number of rotatable bonds is 10. The summed E-state index contributed by atoms with van der Waals surface area (Å²) in [5, 5.41) is 14.8. The molecule has 4 atom stereocenters. The minimum absolute atomic E-state index is 0.319. The third-order valence-corrected chi connectivity index (χ3v) is 5.56. The van der Waals surface area contributed by atoms with Gasteiger partial charge >= 0.3 is 0 Å². The van der Waals surface area contributed by atoms with Crippen LogP contribution in [0.1, 0.15) is 24.2 Å². The second kappa shape index (κ2) is 10.4. The Balaban J connectivity index is 1.92.